The summed E-state index contributed by atoms with van der Waals surface area (Å²) in [4.78, 5) is 20.2. The molecular formula is C15H15N3O4. The van der Waals surface area contributed by atoms with E-state index >= 15 is 0 Å². The van der Waals surface area contributed by atoms with Crippen LogP contribution in [0.5, 0.6) is 11.5 Å². The Balaban J connectivity index is 1.85. The van der Waals surface area contributed by atoms with E-state index in [0.717, 1.165) is 0 Å². The largest absolute Gasteiger partial charge is 0.497 e. The van der Waals surface area contributed by atoms with Gasteiger partial charge in [-0.15, -0.1) is 0 Å². The summed E-state index contributed by atoms with van der Waals surface area (Å²) in [5.41, 5.74) is 6.06. The van der Waals surface area contributed by atoms with Crippen LogP contribution in [-0.2, 0) is 9.63 Å². The number of hydrogen-bond acceptors (Lipinski definition) is 6. The second-order valence-electron chi connectivity index (χ2n) is 4.12. The van der Waals surface area contributed by atoms with Gasteiger partial charge in [-0.3, -0.25) is 4.98 Å². The highest BCUT2D eigenvalue weighted by Crippen LogP contribution is 2.18. The highest BCUT2D eigenvalue weighted by molar-refractivity contribution is 5.95. The molecule has 0 fully saturated rings. The van der Waals surface area contributed by atoms with Crippen molar-refractivity contribution in [3.63, 3.8) is 0 Å². The minimum absolute atomic E-state index is 0.00957. The lowest BCUT2D eigenvalue weighted by Crippen LogP contribution is -2.18. The van der Waals surface area contributed by atoms with Gasteiger partial charge >= 0.3 is 5.97 Å². The normalized spacial score (nSPS) is 10.9. The molecule has 7 heteroatoms. The lowest BCUT2D eigenvalue weighted by molar-refractivity contribution is -0.146. The van der Waals surface area contributed by atoms with Gasteiger partial charge in [0.25, 0.3) is 0 Å². The van der Waals surface area contributed by atoms with Crippen LogP contribution in [0, 0.1) is 0 Å². The van der Waals surface area contributed by atoms with E-state index in [1.54, 1.807) is 55.8 Å². The van der Waals surface area contributed by atoms with Crippen molar-refractivity contribution < 1.29 is 19.1 Å². The molecule has 0 aliphatic carbocycles. The number of ether oxygens (including phenoxy) is 2. The van der Waals surface area contributed by atoms with Gasteiger partial charge in [-0.05, 0) is 24.3 Å². The maximum absolute atomic E-state index is 11.5. The molecule has 114 valence electrons. The lowest BCUT2D eigenvalue weighted by Gasteiger charge is -2.06. The number of aromatic nitrogens is 1. The molecule has 0 atom stereocenters. The zero-order chi connectivity index (χ0) is 15.8. The summed E-state index contributed by atoms with van der Waals surface area (Å²) in [6, 6.07) is 12.0. The van der Waals surface area contributed by atoms with Gasteiger partial charge in [0, 0.05) is 12.3 Å². The number of nitrogens with zero attached hydrogens (tertiary/aromatic N) is 2. The van der Waals surface area contributed by atoms with Crippen molar-refractivity contribution in [1.29, 1.82) is 0 Å². The van der Waals surface area contributed by atoms with E-state index in [1.807, 2.05) is 0 Å². The first kappa shape index (κ1) is 15.3. The Hall–Kier alpha value is -3.09. The molecule has 0 aliphatic heterocycles. The molecule has 0 radical (unpaired) electrons. The van der Waals surface area contributed by atoms with Gasteiger partial charge < -0.3 is 20.0 Å². The molecule has 0 unspecified atom stereocenters. The molecule has 0 spiro atoms. The Bertz CT molecular complexity index is 659. The molecule has 0 bridgehead atoms. The fourth-order valence-corrected chi connectivity index (χ4v) is 1.52. The van der Waals surface area contributed by atoms with E-state index in [9.17, 15) is 4.79 Å². The third-order valence-corrected chi connectivity index (χ3v) is 2.57. The van der Waals surface area contributed by atoms with Crippen LogP contribution >= 0.6 is 0 Å². The predicted molar refractivity (Wildman–Crippen MR) is 79.5 cm³/mol. The van der Waals surface area contributed by atoms with Crippen LogP contribution < -0.4 is 15.2 Å². The topological polar surface area (TPSA) is 96.0 Å². The maximum atomic E-state index is 11.5. The third-order valence-electron chi connectivity index (χ3n) is 2.57. The maximum Gasteiger partial charge on any atom is 0.372 e. The minimum Gasteiger partial charge on any atom is -0.497 e. The minimum atomic E-state index is -0.679. The fourth-order valence-electron chi connectivity index (χ4n) is 1.52. The predicted octanol–water partition coefficient (Wildman–Crippen LogP) is 1.33. The summed E-state index contributed by atoms with van der Waals surface area (Å²) in [6.07, 6.45) is 1.56. The Morgan fingerprint density at radius 3 is 2.77 bits per heavy atom. The van der Waals surface area contributed by atoms with Crippen molar-refractivity contribution in [3.05, 3.63) is 54.4 Å². The summed E-state index contributed by atoms with van der Waals surface area (Å²) in [7, 11) is 1.54. The summed E-state index contributed by atoms with van der Waals surface area (Å²) in [6.45, 7) is -0.299. The van der Waals surface area contributed by atoms with E-state index in [-0.39, 0.29) is 12.4 Å². The highest BCUT2D eigenvalue weighted by Gasteiger charge is 2.06. The molecule has 2 N–H and O–H groups in total. The number of oxime groups is 1. The number of benzene rings is 1. The molecule has 1 heterocycles. The smallest absolute Gasteiger partial charge is 0.372 e. The molecule has 22 heavy (non-hydrogen) atoms. The van der Waals surface area contributed by atoms with Crippen molar-refractivity contribution in [2.45, 2.75) is 0 Å². The van der Waals surface area contributed by atoms with Gasteiger partial charge in [0.1, 0.15) is 17.2 Å². The first-order valence-corrected chi connectivity index (χ1v) is 6.40. The first-order valence-electron chi connectivity index (χ1n) is 6.40. The van der Waals surface area contributed by atoms with Gasteiger partial charge in [-0.1, -0.05) is 17.3 Å². The zero-order valence-corrected chi connectivity index (χ0v) is 11.9. The van der Waals surface area contributed by atoms with Crippen molar-refractivity contribution in [3.8, 4) is 11.5 Å². The SMILES string of the molecule is COc1cccc(OCC(=O)O/N=C(\N)c2ccccn2)c1. The Labute approximate surface area is 127 Å². The molecule has 7 nitrogen and oxygen atoms in total. The Kier molecular flexibility index (Phi) is 5.31. The van der Waals surface area contributed by atoms with Crippen LogP contribution in [0.15, 0.2) is 53.8 Å². The monoisotopic (exact) mass is 301 g/mol. The molecule has 1 aromatic heterocycles. The first-order chi connectivity index (χ1) is 10.7. The van der Waals surface area contributed by atoms with Crippen molar-refractivity contribution in [2.24, 2.45) is 10.9 Å². The van der Waals surface area contributed by atoms with Gasteiger partial charge in [0.15, 0.2) is 12.4 Å². The Morgan fingerprint density at radius 2 is 2.05 bits per heavy atom. The van der Waals surface area contributed by atoms with Gasteiger partial charge in [0.05, 0.1) is 7.11 Å². The van der Waals surface area contributed by atoms with E-state index in [2.05, 4.69) is 15.0 Å². The number of carbonyl (C=O) groups is 1. The summed E-state index contributed by atoms with van der Waals surface area (Å²) in [5.74, 6) is 0.443. The molecule has 0 aliphatic rings. The van der Waals surface area contributed by atoms with Gasteiger partial charge in [0.2, 0.25) is 0 Å². The fraction of sp³-hybridized carbons (Fsp3) is 0.133. The van der Waals surface area contributed by atoms with Gasteiger partial charge in [-0.25, -0.2) is 4.79 Å². The molecular weight excluding hydrogens is 286 g/mol. The second kappa shape index (κ2) is 7.63. The van der Waals surface area contributed by atoms with Crippen LogP contribution in [0.1, 0.15) is 5.69 Å². The summed E-state index contributed by atoms with van der Waals surface area (Å²) >= 11 is 0. The van der Waals surface area contributed by atoms with Gasteiger partial charge in [-0.2, -0.15) is 0 Å². The number of amidine groups is 1. The summed E-state index contributed by atoms with van der Waals surface area (Å²) in [5, 5.41) is 3.52. The average Bonchev–Trinajstić information content (AvgIpc) is 2.58. The van der Waals surface area contributed by atoms with E-state index in [4.69, 9.17) is 15.2 Å². The Morgan fingerprint density at radius 1 is 1.23 bits per heavy atom. The zero-order valence-electron chi connectivity index (χ0n) is 11.9. The number of nitrogens with two attached hydrogens (primary N) is 1. The van der Waals surface area contributed by atoms with E-state index in [1.165, 1.54) is 0 Å². The standard InChI is InChI=1S/C15H15N3O4/c1-20-11-5-4-6-12(9-11)21-10-14(19)22-18-15(16)13-7-2-3-8-17-13/h2-9H,10H2,1H3,(H2,16,18). The van der Waals surface area contributed by atoms with E-state index in [0.29, 0.717) is 17.2 Å². The number of rotatable bonds is 6. The average molecular weight is 301 g/mol. The molecule has 1 aromatic carbocycles. The van der Waals surface area contributed by atoms with Crippen LogP contribution in [0.3, 0.4) is 0 Å². The van der Waals surface area contributed by atoms with Crippen LogP contribution in [0.4, 0.5) is 0 Å². The van der Waals surface area contributed by atoms with Crippen molar-refractivity contribution in [2.75, 3.05) is 13.7 Å². The molecule has 0 saturated heterocycles. The molecule has 2 rings (SSSR count). The van der Waals surface area contributed by atoms with Crippen LogP contribution in [0.25, 0.3) is 0 Å². The number of pyridine rings is 1. The molecule has 0 saturated carbocycles. The molecule has 2 aromatic rings. The van der Waals surface area contributed by atoms with E-state index < -0.39 is 5.97 Å². The quantitative estimate of drug-likeness (QED) is 0.374. The second-order valence-corrected chi connectivity index (χ2v) is 4.12. The third kappa shape index (κ3) is 4.48. The number of hydrogen-bond donors (Lipinski definition) is 1. The summed E-state index contributed by atoms with van der Waals surface area (Å²) < 4.78 is 10.3. The van der Waals surface area contributed by atoms with Crippen molar-refractivity contribution in [1.82, 2.24) is 4.98 Å². The highest BCUT2D eigenvalue weighted by atomic mass is 16.7. The molecule has 0 amide bonds. The van der Waals surface area contributed by atoms with Crippen molar-refractivity contribution >= 4 is 11.8 Å². The lowest BCUT2D eigenvalue weighted by atomic mass is 10.3. The van der Waals surface area contributed by atoms with Crippen LogP contribution in [0.2, 0.25) is 0 Å². The van der Waals surface area contributed by atoms with Crippen LogP contribution in [-0.4, -0.2) is 30.5 Å². The number of methoxy groups -OCH3 is 1. The number of carbonyl (C=O) groups excluding carboxylic acids is 1.